The lowest BCUT2D eigenvalue weighted by Gasteiger charge is -2.23. The summed E-state index contributed by atoms with van der Waals surface area (Å²) in [6.45, 7) is 6.84. The highest BCUT2D eigenvalue weighted by Crippen LogP contribution is 2.22. The van der Waals surface area contributed by atoms with Crippen molar-refractivity contribution in [1.29, 1.82) is 0 Å². The van der Waals surface area contributed by atoms with Crippen molar-refractivity contribution in [3.8, 4) is 0 Å². The van der Waals surface area contributed by atoms with Crippen LogP contribution in [0.3, 0.4) is 0 Å². The summed E-state index contributed by atoms with van der Waals surface area (Å²) in [6, 6.07) is 0. The first kappa shape index (κ1) is 16.9. The predicted octanol–water partition coefficient (Wildman–Crippen LogP) is 1.45. The number of anilines is 1. The quantitative estimate of drug-likeness (QED) is 0.780. The summed E-state index contributed by atoms with van der Waals surface area (Å²) in [4.78, 5) is 4.37. The van der Waals surface area contributed by atoms with Crippen molar-refractivity contribution in [2.75, 3.05) is 39.1 Å². The molecule has 1 rings (SSSR count). The van der Waals surface area contributed by atoms with Gasteiger partial charge in [0.05, 0.1) is 5.69 Å². The standard InChI is InChI=1S/C15H29N5/c1-6-12-13(11-16)15(18-17-14(12)7-2)20(5)10-8-9-19(3)4/h6-11,16H2,1-5H3. The van der Waals surface area contributed by atoms with Crippen LogP contribution in [-0.2, 0) is 19.4 Å². The van der Waals surface area contributed by atoms with E-state index in [4.69, 9.17) is 5.73 Å². The first-order valence-electron chi connectivity index (χ1n) is 7.48. The molecule has 0 atom stereocenters. The molecule has 0 unspecified atom stereocenters. The van der Waals surface area contributed by atoms with E-state index < -0.39 is 0 Å². The van der Waals surface area contributed by atoms with E-state index >= 15 is 0 Å². The van der Waals surface area contributed by atoms with E-state index in [1.54, 1.807) is 0 Å². The van der Waals surface area contributed by atoms with Crippen LogP contribution in [0.1, 0.15) is 37.1 Å². The Morgan fingerprint density at radius 2 is 1.65 bits per heavy atom. The lowest BCUT2D eigenvalue weighted by Crippen LogP contribution is -2.26. The van der Waals surface area contributed by atoms with E-state index in [1.165, 1.54) is 5.56 Å². The minimum Gasteiger partial charge on any atom is -0.358 e. The largest absolute Gasteiger partial charge is 0.358 e. The molecule has 1 aromatic rings. The zero-order valence-corrected chi connectivity index (χ0v) is 13.6. The van der Waals surface area contributed by atoms with E-state index in [1.807, 2.05) is 0 Å². The second kappa shape index (κ2) is 8.17. The highest BCUT2D eigenvalue weighted by Gasteiger charge is 2.15. The summed E-state index contributed by atoms with van der Waals surface area (Å²) >= 11 is 0. The van der Waals surface area contributed by atoms with Crippen molar-refractivity contribution in [2.45, 2.75) is 39.7 Å². The minimum absolute atomic E-state index is 0.527. The van der Waals surface area contributed by atoms with Gasteiger partial charge in [-0.25, -0.2) is 0 Å². The summed E-state index contributed by atoms with van der Waals surface area (Å²) in [5.41, 5.74) is 9.48. The molecular formula is C15H29N5. The fourth-order valence-corrected chi connectivity index (χ4v) is 2.49. The SMILES string of the molecule is CCc1nnc(N(C)CCCN(C)C)c(CN)c1CC. The van der Waals surface area contributed by atoms with Gasteiger partial charge >= 0.3 is 0 Å². The third-order valence-electron chi connectivity index (χ3n) is 3.60. The van der Waals surface area contributed by atoms with Gasteiger partial charge in [-0.3, -0.25) is 0 Å². The van der Waals surface area contributed by atoms with Gasteiger partial charge in [0.1, 0.15) is 0 Å². The van der Waals surface area contributed by atoms with Crippen LogP contribution in [0.4, 0.5) is 5.82 Å². The third-order valence-corrected chi connectivity index (χ3v) is 3.60. The fraction of sp³-hybridized carbons (Fsp3) is 0.733. The fourth-order valence-electron chi connectivity index (χ4n) is 2.49. The van der Waals surface area contributed by atoms with Crippen LogP contribution in [0.15, 0.2) is 0 Å². The van der Waals surface area contributed by atoms with Crippen molar-refractivity contribution in [2.24, 2.45) is 5.73 Å². The zero-order valence-electron chi connectivity index (χ0n) is 13.6. The molecule has 5 heteroatoms. The normalized spacial score (nSPS) is 11.2. The van der Waals surface area contributed by atoms with Crippen LogP contribution >= 0.6 is 0 Å². The monoisotopic (exact) mass is 279 g/mol. The summed E-state index contributed by atoms with van der Waals surface area (Å²) in [5, 5.41) is 8.79. The molecule has 0 fully saturated rings. The molecule has 0 aliphatic carbocycles. The van der Waals surface area contributed by atoms with Crippen LogP contribution in [0, 0.1) is 0 Å². The molecule has 2 N–H and O–H groups in total. The van der Waals surface area contributed by atoms with Crippen molar-refractivity contribution in [3.05, 3.63) is 16.8 Å². The van der Waals surface area contributed by atoms with Gasteiger partial charge in [-0.15, -0.1) is 5.10 Å². The molecule has 114 valence electrons. The minimum atomic E-state index is 0.527. The van der Waals surface area contributed by atoms with Gasteiger partial charge in [-0.05, 0) is 45.5 Å². The maximum Gasteiger partial charge on any atom is 0.155 e. The third kappa shape index (κ3) is 4.15. The van der Waals surface area contributed by atoms with E-state index in [9.17, 15) is 0 Å². The van der Waals surface area contributed by atoms with Gasteiger partial charge in [-0.1, -0.05) is 13.8 Å². The number of aromatic nitrogens is 2. The van der Waals surface area contributed by atoms with E-state index in [0.717, 1.165) is 49.4 Å². The Labute approximate surface area is 123 Å². The van der Waals surface area contributed by atoms with Gasteiger partial charge in [0.2, 0.25) is 0 Å². The molecule has 5 nitrogen and oxygen atoms in total. The molecule has 0 saturated carbocycles. The first-order chi connectivity index (χ1) is 9.54. The van der Waals surface area contributed by atoms with E-state index in [-0.39, 0.29) is 0 Å². The molecule has 1 heterocycles. The van der Waals surface area contributed by atoms with Crippen LogP contribution in [-0.4, -0.2) is 49.3 Å². The van der Waals surface area contributed by atoms with Crippen molar-refractivity contribution in [3.63, 3.8) is 0 Å². The second-order valence-electron chi connectivity index (χ2n) is 5.42. The van der Waals surface area contributed by atoms with Crippen LogP contribution in [0.5, 0.6) is 0 Å². The Balaban J connectivity index is 2.93. The number of nitrogens with two attached hydrogens (primary N) is 1. The molecule has 0 spiro atoms. The first-order valence-corrected chi connectivity index (χ1v) is 7.48. The van der Waals surface area contributed by atoms with E-state index in [2.05, 4.69) is 55.0 Å². The second-order valence-corrected chi connectivity index (χ2v) is 5.42. The lowest BCUT2D eigenvalue weighted by atomic mass is 10.0. The predicted molar refractivity (Wildman–Crippen MR) is 85.1 cm³/mol. The summed E-state index contributed by atoms with van der Waals surface area (Å²) in [5.74, 6) is 0.945. The molecule has 0 bridgehead atoms. The van der Waals surface area contributed by atoms with Gasteiger partial charge in [-0.2, -0.15) is 5.10 Å². The van der Waals surface area contributed by atoms with Crippen LogP contribution in [0.2, 0.25) is 0 Å². The van der Waals surface area contributed by atoms with Crippen LogP contribution in [0.25, 0.3) is 0 Å². The van der Waals surface area contributed by atoms with Gasteiger partial charge < -0.3 is 15.5 Å². The topological polar surface area (TPSA) is 58.3 Å². The Kier molecular flexibility index (Phi) is 6.88. The Bertz CT molecular complexity index is 417. The number of rotatable bonds is 8. The van der Waals surface area contributed by atoms with Gasteiger partial charge in [0, 0.05) is 25.7 Å². The highest BCUT2D eigenvalue weighted by molar-refractivity contribution is 5.50. The van der Waals surface area contributed by atoms with Gasteiger partial charge in [0.25, 0.3) is 0 Å². The summed E-state index contributed by atoms with van der Waals surface area (Å²) < 4.78 is 0. The molecule has 0 aliphatic rings. The Morgan fingerprint density at radius 3 is 2.15 bits per heavy atom. The molecule has 0 saturated heterocycles. The number of hydrogen-bond donors (Lipinski definition) is 1. The van der Waals surface area contributed by atoms with Crippen molar-refractivity contribution >= 4 is 5.82 Å². The highest BCUT2D eigenvalue weighted by atomic mass is 15.3. The maximum atomic E-state index is 5.96. The molecule has 1 aromatic heterocycles. The smallest absolute Gasteiger partial charge is 0.155 e. The molecule has 0 aromatic carbocycles. The molecule has 0 aliphatic heterocycles. The Morgan fingerprint density at radius 1 is 0.950 bits per heavy atom. The number of nitrogens with zero attached hydrogens (tertiary/aromatic N) is 4. The van der Waals surface area contributed by atoms with Crippen molar-refractivity contribution < 1.29 is 0 Å². The zero-order chi connectivity index (χ0) is 15.1. The lowest BCUT2D eigenvalue weighted by molar-refractivity contribution is 0.401. The molecule has 0 amide bonds. The number of hydrogen-bond acceptors (Lipinski definition) is 5. The summed E-state index contributed by atoms with van der Waals surface area (Å²) in [7, 11) is 6.26. The summed E-state index contributed by atoms with van der Waals surface area (Å²) in [6.07, 6.45) is 2.98. The Hall–Kier alpha value is -1.20. The van der Waals surface area contributed by atoms with Crippen LogP contribution < -0.4 is 10.6 Å². The maximum absolute atomic E-state index is 5.96. The van der Waals surface area contributed by atoms with E-state index in [0.29, 0.717) is 6.54 Å². The average molecular weight is 279 g/mol. The molecule has 20 heavy (non-hydrogen) atoms. The van der Waals surface area contributed by atoms with Crippen molar-refractivity contribution in [1.82, 2.24) is 15.1 Å². The number of aryl methyl sites for hydroxylation is 1. The molecular weight excluding hydrogens is 250 g/mol. The van der Waals surface area contributed by atoms with Gasteiger partial charge in [0.15, 0.2) is 5.82 Å². The average Bonchev–Trinajstić information content (AvgIpc) is 2.44. The molecule has 0 radical (unpaired) electrons.